The van der Waals surface area contributed by atoms with Crippen LogP contribution >= 0.6 is 11.6 Å². The number of aromatic nitrogens is 3. The smallest absolute Gasteiger partial charge is 0.140 e. The molecule has 1 fully saturated rings. The number of hydrogen-bond donors (Lipinski definition) is 0. The van der Waals surface area contributed by atoms with Crippen LogP contribution in [-0.4, -0.2) is 46.0 Å². The topological polar surface area (TPSA) is 45.2 Å². The quantitative estimate of drug-likeness (QED) is 0.722. The third-order valence-corrected chi connectivity index (χ3v) is 4.83. The first-order valence-corrected chi connectivity index (χ1v) is 8.87. The lowest BCUT2D eigenvalue weighted by Gasteiger charge is -2.35. The summed E-state index contributed by atoms with van der Waals surface area (Å²) in [4.78, 5) is 18.2. The number of aryl methyl sites for hydroxylation is 1. The summed E-state index contributed by atoms with van der Waals surface area (Å²) >= 11 is 5.97. The Balaban J connectivity index is 1.48. The second kappa shape index (κ2) is 6.94. The predicted octanol–water partition coefficient (Wildman–Crippen LogP) is 3.31. The van der Waals surface area contributed by atoms with Gasteiger partial charge in [0, 0.05) is 49.3 Å². The van der Waals surface area contributed by atoms with E-state index < -0.39 is 0 Å². The zero-order valence-electron chi connectivity index (χ0n) is 14.2. The average molecular weight is 354 g/mol. The first-order chi connectivity index (χ1) is 12.2. The van der Waals surface area contributed by atoms with E-state index in [1.807, 2.05) is 31.3 Å². The Bertz CT molecular complexity index is 873. The SMILES string of the molecule is Cc1nc(N2CCN(Cc3ccc(Cl)cc3)CC2)c2ccncc2n1. The molecule has 1 aromatic carbocycles. The van der Waals surface area contributed by atoms with Crippen molar-refractivity contribution in [3.8, 4) is 0 Å². The van der Waals surface area contributed by atoms with E-state index in [9.17, 15) is 0 Å². The Morgan fingerprint density at radius 1 is 1.00 bits per heavy atom. The second-order valence-corrected chi connectivity index (χ2v) is 6.81. The van der Waals surface area contributed by atoms with E-state index in [0.29, 0.717) is 0 Å². The molecule has 0 aliphatic carbocycles. The highest BCUT2D eigenvalue weighted by molar-refractivity contribution is 6.30. The second-order valence-electron chi connectivity index (χ2n) is 6.38. The number of fused-ring (bicyclic) bond motifs is 1. The fourth-order valence-corrected chi connectivity index (χ4v) is 3.41. The highest BCUT2D eigenvalue weighted by Gasteiger charge is 2.20. The molecule has 6 heteroatoms. The number of anilines is 1. The highest BCUT2D eigenvalue weighted by Crippen LogP contribution is 2.24. The number of nitrogens with zero attached hydrogens (tertiary/aromatic N) is 5. The molecule has 0 unspecified atom stereocenters. The Labute approximate surface area is 152 Å². The monoisotopic (exact) mass is 353 g/mol. The molecule has 0 N–H and O–H groups in total. The summed E-state index contributed by atoms with van der Waals surface area (Å²) in [7, 11) is 0. The van der Waals surface area contributed by atoms with Crippen molar-refractivity contribution in [1.82, 2.24) is 19.9 Å². The van der Waals surface area contributed by atoms with Crippen molar-refractivity contribution < 1.29 is 0 Å². The lowest BCUT2D eigenvalue weighted by atomic mass is 10.2. The van der Waals surface area contributed by atoms with Gasteiger partial charge in [0.05, 0.1) is 11.7 Å². The number of hydrogen-bond acceptors (Lipinski definition) is 5. The zero-order chi connectivity index (χ0) is 17.2. The van der Waals surface area contributed by atoms with Gasteiger partial charge in [-0.2, -0.15) is 0 Å². The third-order valence-electron chi connectivity index (χ3n) is 4.58. The van der Waals surface area contributed by atoms with Gasteiger partial charge in [0.25, 0.3) is 0 Å². The average Bonchev–Trinajstić information content (AvgIpc) is 2.63. The Kier molecular flexibility index (Phi) is 4.51. The molecule has 3 heterocycles. The molecule has 25 heavy (non-hydrogen) atoms. The minimum Gasteiger partial charge on any atom is -0.353 e. The van der Waals surface area contributed by atoms with E-state index in [-0.39, 0.29) is 0 Å². The standard InChI is InChI=1S/C19H20ClN5/c1-14-22-18-12-21-7-6-17(18)19(23-14)25-10-8-24(9-11-25)13-15-2-4-16(20)5-3-15/h2-7,12H,8-11,13H2,1H3. The highest BCUT2D eigenvalue weighted by atomic mass is 35.5. The number of pyridine rings is 1. The van der Waals surface area contributed by atoms with Crippen LogP contribution < -0.4 is 4.90 Å². The molecule has 0 saturated carbocycles. The molecule has 5 nitrogen and oxygen atoms in total. The molecule has 0 radical (unpaired) electrons. The van der Waals surface area contributed by atoms with Gasteiger partial charge < -0.3 is 4.90 Å². The fraction of sp³-hybridized carbons (Fsp3) is 0.316. The molecule has 0 bridgehead atoms. The van der Waals surface area contributed by atoms with E-state index in [2.05, 4.69) is 31.9 Å². The van der Waals surface area contributed by atoms with Crippen molar-refractivity contribution >= 4 is 28.3 Å². The van der Waals surface area contributed by atoms with Crippen LogP contribution in [0.5, 0.6) is 0 Å². The molecule has 0 amide bonds. The van der Waals surface area contributed by atoms with E-state index in [1.165, 1.54) is 5.56 Å². The zero-order valence-corrected chi connectivity index (χ0v) is 14.9. The van der Waals surface area contributed by atoms with Gasteiger partial charge in [-0.05, 0) is 30.7 Å². The summed E-state index contributed by atoms with van der Waals surface area (Å²) < 4.78 is 0. The van der Waals surface area contributed by atoms with Gasteiger partial charge in [0.2, 0.25) is 0 Å². The van der Waals surface area contributed by atoms with E-state index >= 15 is 0 Å². The summed E-state index contributed by atoms with van der Waals surface area (Å²) in [6, 6.07) is 10.1. The minimum atomic E-state index is 0.786. The lowest BCUT2D eigenvalue weighted by Crippen LogP contribution is -2.46. The molecule has 0 atom stereocenters. The number of halogens is 1. The summed E-state index contributed by atoms with van der Waals surface area (Å²) in [6.45, 7) is 6.84. The van der Waals surface area contributed by atoms with Crippen molar-refractivity contribution in [1.29, 1.82) is 0 Å². The molecular formula is C19H20ClN5. The van der Waals surface area contributed by atoms with Crippen LogP contribution in [-0.2, 0) is 6.54 Å². The van der Waals surface area contributed by atoms with Gasteiger partial charge in [-0.3, -0.25) is 9.88 Å². The molecule has 0 spiro atoms. The Morgan fingerprint density at radius 3 is 2.52 bits per heavy atom. The van der Waals surface area contributed by atoms with Crippen LogP contribution in [0.4, 0.5) is 5.82 Å². The van der Waals surface area contributed by atoms with Gasteiger partial charge in [-0.25, -0.2) is 9.97 Å². The maximum atomic E-state index is 5.97. The molecule has 1 saturated heterocycles. The number of piperazine rings is 1. The van der Waals surface area contributed by atoms with Gasteiger partial charge >= 0.3 is 0 Å². The maximum Gasteiger partial charge on any atom is 0.140 e. The Hall–Kier alpha value is -2.24. The van der Waals surface area contributed by atoms with Gasteiger partial charge in [-0.15, -0.1) is 0 Å². The molecule has 1 aliphatic heterocycles. The van der Waals surface area contributed by atoms with E-state index in [0.717, 1.165) is 60.3 Å². The van der Waals surface area contributed by atoms with Crippen LogP contribution in [0.15, 0.2) is 42.7 Å². The van der Waals surface area contributed by atoms with Crippen LogP contribution in [0, 0.1) is 6.92 Å². The fourth-order valence-electron chi connectivity index (χ4n) is 3.28. The van der Waals surface area contributed by atoms with E-state index in [4.69, 9.17) is 16.6 Å². The molecule has 4 rings (SSSR count). The largest absolute Gasteiger partial charge is 0.353 e. The lowest BCUT2D eigenvalue weighted by molar-refractivity contribution is 0.249. The van der Waals surface area contributed by atoms with Crippen molar-refractivity contribution in [2.24, 2.45) is 0 Å². The summed E-state index contributed by atoms with van der Waals surface area (Å²) in [5.41, 5.74) is 2.21. The molecule has 128 valence electrons. The number of rotatable bonds is 3. The van der Waals surface area contributed by atoms with Crippen molar-refractivity contribution in [2.45, 2.75) is 13.5 Å². The van der Waals surface area contributed by atoms with Crippen LogP contribution in [0.2, 0.25) is 5.02 Å². The van der Waals surface area contributed by atoms with Crippen molar-refractivity contribution in [2.75, 3.05) is 31.1 Å². The van der Waals surface area contributed by atoms with Crippen LogP contribution in [0.1, 0.15) is 11.4 Å². The molecular weight excluding hydrogens is 334 g/mol. The summed E-state index contributed by atoms with van der Waals surface area (Å²) in [6.07, 6.45) is 3.62. The summed E-state index contributed by atoms with van der Waals surface area (Å²) in [5.74, 6) is 1.81. The number of benzene rings is 1. The van der Waals surface area contributed by atoms with Gasteiger partial charge in [-0.1, -0.05) is 23.7 Å². The molecule has 1 aliphatic rings. The minimum absolute atomic E-state index is 0.786. The summed E-state index contributed by atoms with van der Waals surface area (Å²) in [5, 5.41) is 1.86. The molecule has 2 aromatic heterocycles. The van der Waals surface area contributed by atoms with Crippen molar-refractivity contribution in [3.63, 3.8) is 0 Å². The predicted molar refractivity (Wildman–Crippen MR) is 101 cm³/mol. The van der Waals surface area contributed by atoms with E-state index in [1.54, 1.807) is 6.20 Å². The van der Waals surface area contributed by atoms with Gasteiger partial charge in [0.15, 0.2) is 0 Å². The maximum absolute atomic E-state index is 5.97. The Morgan fingerprint density at radius 2 is 1.76 bits per heavy atom. The first kappa shape index (κ1) is 16.2. The molecule has 3 aromatic rings. The van der Waals surface area contributed by atoms with Crippen LogP contribution in [0.3, 0.4) is 0 Å². The normalized spacial score (nSPS) is 15.7. The third kappa shape index (κ3) is 3.57. The van der Waals surface area contributed by atoms with Crippen molar-refractivity contribution in [3.05, 3.63) is 59.1 Å². The van der Waals surface area contributed by atoms with Crippen LogP contribution in [0.25, 0.3) is 10.9 Å². The first-order valence-electron chi connectivity index (χ1n) is 8.49. The van der Waals surface area contributed by atoms with Gasteiger partial charge in [0.1, 0.15) is 11.6 Å².